The second kappa shape index (κ2) is 5.66. The summed E-state index contributed by atoms with van der Waals surface area (Å²) >= 11 is 3.49. The van der Waals surface area contributed by atoms with Crippen molar-refractivity contribution in [2.75, 3.05) is 31.1 Å². The Balaban J connectivity index is 2.21. The lowest BCUT2D eigenvalue weighted by atomic mass is 10.2. The van der Waals surface area contributed by atoms with E-state index in [0.717, 1.165) is 30.5 Å². The Morgan fingerprint density at radius 3 is 3.12 bits per heavy atom. The van der Waals surface area contributed by atoms with Crippen LogP contribution in [-0.2, 0) is 0 Å². The topological polar surface area (TPSA) is 35.5 Å². The number of nitrogens with zero attached hydrogens (tertiary/aromatic N) is 1. The smallest absolute Gasteiger partial charge is 0.0647 e. The Morgan fingerprint density at radius 2 is 2.38 bits per heavy atom. The van der Waals surface area contributed by atoms with Crippen molar-refractivity contribution in [3.8, 4) is 0 Å². The van der Waals surface area contributed by atoms with Crippen molar-refractivity contribution in [1.29, 1.82) is 0 Å². The van der Waals surface area contributed by atoms with Crippen molar-refractivity contribution in [1.82, 2.24) is 5.32 Å². The molecule has 0 bridgehead atoms. The molecule has 1 saturated heterocycles. The molecule has 88 valence electrons. The molecule has 1 atom stereocenters. The van der Waals surface area contributed by atoms with Crippen molar-refractivity contribution < 1.29 is 5.11 Å². The molecule has 16 heavy (non-hydrogen) atoms. The average Bonchev–Trinajstić information content (AvgIpc) is 2.53. The van der Waals surface area contributed by atoms with Gasteiger partial charge in [0.05, 0.1) is 12.6 Å². The van der Waals surface area contributed by atoms with Crippen LogP contribution < -0.4 is 10.2 Å². The lowest BCUT2D eigenvalue weighted by molar-refractivity contribution is 0.260. The van der Waals surface area contributed by atoms with Gasteiger partial charge in [-0.3, -0.25) is 0 Å². The van der Waals surface area contributed by atoms with Crippen LogP contribution >= 0.6 is 15.9 Å². The van der Waals surface area contributed by atoms with E-state index >= 15 is 0 Å². The third-order valence-electron chi connectivity index (χ3n) is 2.92. The molecular weight excluding hydrogens is 268 g/mol. The standard InChI is InChI=1S/C12H17BrN2O/c13-10-3-1-4-11(7-10)15-6-2-5-14-8-12(15)9-16/h1,3-4,7,12,14,16H,2,5-6,8-9H2. The van der Waals surface area contributed by atoms with E-state index in [-0.39, 0.29) is 12.6 Å². The highest BCUT2D eigenvalue weighted by molar-refractivity contribution is 9.10. The van der Waals surface area contributed by atoms with Gasteiger partial charge < -0.3 is 15.3 Å². The van der Waals surface area contributed by atoms with E-state index in [9.17, 15) is 5.11 Å². The molecule has 1 aliphatic heterocycles. The van der Waals surface area contributed by atoms with Crippen LogP contribution in [0.3, 0.4) is 0 Å². The molecule has 1 aromatic carbocycles. The molecule has 0 spiro atoms. The summed E-state index contributed by atoms with van der Waals surface area (Å²) in [6.45, 7) is 3.07. The van der Waals surface area contributed by atoms with Gasteiger partial charge in [-0.05, 0) is 31.2 Å². The number of aliphatic hydroxyl groups excluding tert-OH is 1. The summed E-state index contributed by atoms with van der Waals surface area (Å²) < 4.78 is 1.08. The summed E-state index contributed by atoms with van der Waals surface area (Å²) in [4.78, 5) is 2.28. The van der Waals surface area contributed by atoms with Gasteiger partial charge in [0.1, 0.15) is 0 Å². The first-order chi connectivity index (χ1) is 7.81. The quantitative estimate of drug-likeness (QED) is 0.866. The van der Waals surface area contributed by atoms with Gasteiger partial charge in [0.25, 0.3) is 0 Å². The van der Waals surface area contributed by atoms with Gasteiger partial charge in [-0.2, -0.15) is 0 Å². The zero-order valence-electron chi connectivity index (χ0n) is 9.19. The molecule has 0 amide bonds. The van der Waals surface area contributed by atoms with Crippen LogP contribution in [0.15, 0.2) is 28.7 Å². The van der Waals surface area contributed by atoms with Crippen LogP contribution in [0.4, 0.5) is 5.69 Å². The number of halogens is 1. The molecule has 4 heteroatoms. The van der Waals surface area contributed by atoms with Crippen molar-refractivity contribution in [3.05, 3.63) is 28.7 Å². The minimum Gasteiger partial charge on any atom is -0.394 e. The Bertz CT molecular complexity index is 346. The molecule has 1 unspecified atom stereocenters. The molecule has 1 aromatic rings. The number of rotatable bonds is 2. The van der Waals surface area contributed by atoms with Crippen LogP contribution in [0.1, 0.15) is 6.42 Å². The number of hydrogen-bond acceptors (Lipinski definition) is 3. The number of aliphatic hydroxyl groups is 1. The average molecular weight is 285 g/mol. The maximum atomic E-state index is 9.42. The molecule has 0 radical (unpaired) electrons. The SMILES string of the molecule is OCC1CNCCCN1c1cccc(Br)c1. The molecule has 1 heterocycles. The van der Waals surface area contributed by atoms with Gasteiger partial charge in [-0.1, -0.05) is 22.0 Å². The van der Waals surface area contributed by atoms with Crippen molar-refractivity contribution in [2.24, 2.45) is 0 Å². The first-order valence-corrected chi connectivity index (χ1v) is 6.44. The van der Waals surface area contributed by atoms with Gasteiger partial charge in [-0.25, -0.2) is 0 Å². The van der Waals surface area contributed by atoms with Crippen LogP contribution in [0, 0.1) is 0 Å². The van der Waals surface area contributed by atoms with Crippen molar-refractivity contribution in [2.45, 2.75) is 12.5 Å². The van der Waals surface area contributed by atoms with E-state index in [2.05, 4.69) is 38.3 Å². The molecule has 0 aliphatic carbocycles. The number of nitrogens with one attached hydrogen (secondary N) is 1. The monoisotopic (exact) mass is 284 g/mol. The number of hydrogen-bond donors (Lipinski definition) is 2. The summed E-state index contributed by atoms with van der Waals surface area (Å²) in [7, 11) is 0. The molecular formula is C12H17BrN2O. The second-order valence-corrected chi connectivity index (χ2v) is 4.98. The van der Waals surface area contributed by atoms with E-state index in [0.29, 0.717) is 0 Å². The van der Waals surface area contributed by atoms with Gasteiger partial charge in [-0.15, -0.1) is 0 Å². The van der Waals surface area contributed by atoms with Crippen LogP contribution in [-0.4, -0.2) is 37.4 Å². The predicted octanol–water partition coefficient (Wildman–Crippen LogP) is 1.61. The third-order valence-corrected chi connectivity index (χ3v) is 3.42. The first-order valence-electron chi connectivity index (χ1n) is 5.65. The third kappa shape index (κ3) is 2.75. The number of benzene rings is 1. The van der Waals surface area contributed by atoms with Gasteiger partial charge in [0.2, 0.25) is 0 Å². The second-order valence-electron chi connectivity index (χ2n) is 4.07. The van der Waals surface area contributed by atoms with E-state index in [1.54, 1.807) is 0 Å². The maximum absolute atomic E-state index is 9.42. The fourth-order valence-corrected chi connectivity index (χ4v) is 2.48. The van der Waals surface area contributed by atoms with Crippen LogP contribution in [0.25, 0.3) is 0 Å². The Kier molecular flexibility index (Phi) is 4.21. The highest BCUT2D eigenvalue weighted by Crippen LogP contribution is 2.22. The lowest BCUT2D eigenvalue weighted by Gasteiger charge is -2.30. The lowest BCUT2D eigenvalue weighted by Crippen LogP contribution is -2.42. The minimum absolute atomic E-state index is 0.178. The minimum atomic E-state index is 0.178. The van der Waals surface area contributed by atoms with Crippen LogP contribution in [0.2, 0.25) is 0 Å². The zero-order chi connectivity index (χ0) is 11.4. The highest BCUT2D eigenvalue weighted by Gasteiger charge is 2.20. The Hall–Kier alpha value is -0.580. The molecule has 2 N–H and O–H groups in total. The number of anilines is 1. The molecule has 1 fully saturated rings. The first kappa shape index (κ1) is 11.9. The fourth-order valence-electron chi connectivity index (χ4n) is 2.09. The Morgan fingerprint density at radius 1 is 1.50 bits per heavy atom. The maximum Gasteiger partial charge on any atom is 0.0647 e. The normalized spacial score (nSPS) is 21.9. The van der Waals surface area contributed by atoms with E-state index in [1.807, 2.05) is 12.1 Å². The summed E-state index contributed by atoms with van der Waals surface area (Å²) in [5.74, 6) is 0. The van der Waals surface area contributed by atoms with Gasteiger partial charge in [0, 0.05) is 23.2 Å². The summed E-state index contributed by atoms with van der Waals surface area (Å²) in [5, 5.41) is 12.8. The van der Waals surface area contributed by atoms with Gasteiger partial charge >= 0.3 is 0 Å². The largest absolute Gasteiger partial charge is 0.394 e. The summed E-state index contributed by atoms with van der Waals surface area (Å²) in [6.07, 6.45) is 1.11. The molecule has 3 nitrogen and oxygen atoms in total. The fraction of sp³-hybridized carbons (Fsp3) is 0.500. The van der Waals surface area contributed by atoms with Crippen molar-refractivity contribution in [3.63, 3.8) is 0 Å². The highest BCUT2D eigenvalue weighted by atomic mass is 79.9. The van der Waals surface area contributed by atoms with E-state index in [1.165, 1.54) is 5.69 Å². The molecule has 0 saturated carbocycles. The molecule has 2 rings (SSSR count). The van der Waals surface area contributed by atoms with E-state index < -0.39 is 0 Å². The summed E-state index contributed by atoms with van der Waals surface area (Å²) in [5.41, 5.74) is 1.18. The summed E-state index contributed by atoms with van der Waals surface area (Å²) in [6, 6.07) is 8.43. The molecule has 0 aromatic heterocycles. The Labute approximate surface area is 105 Å². The zero-order valence-corrected chi connectivity index (χ0v) is 10.8. The van der Waals surface area contributed by atoms with Gasteiger partial charge in [0.15, 0.2) is 0 Å². The van der Waals surface area contributed by atoms with Crippen molar-refractivity contribution >= 4 is 21.6 Å². The molecule has 1 aliphatic rings. The van der Waals surface area contributed by atoms with E-state index in [4.69, 9.17) is 0 Å². The van der Waals surface area contributed by atoms with Crippen LogP contribution in [0.5, 0.6) is 0 Å². The predicted molar refractivity (Wildman–Crippen MR) is 69.8 cm³/mol.